The number of ether oxygens (including phenoxy) is 1. The third-order valence-corrected chi connectivity index (χ3v) is 9.51. The van der Waals surface area contributed by atoms with E-state index in [0.29, 0.717) is 69.7 Å². The number of benzene rings is 3. The lowest BCUT2D eigenvalue weighted by molar-refractivity contribution is 0.0234. The second-order valence-corrected chi connectivity index (χ2v) is 12.1. The summed E-state index contributed by atoms with van der Waals surface area (Å²) >= 11 is 7.68. The van der Waals surface area contributed by atoms with Gasteiger partial charge < -0.3 is 20.1 Å². The highest BCUT2D eigenvalue weighted by atomic mass is 79.9. The van der Waals surface area contributed by atoms with Crippen LogP contribution in [0.3, 0.4) is 0 Å². The van der Waals surface area contributed by atoms with Crippen LogP contribution in [0.4, 0.5) is 0 Å². The van der Waals surface area contributed by atoms with Gasteiger partial charge in [0.1, 0.15) is 11.5 Å². The minimum absolute atomic E-state index is 0.0623. The van der Waals surface area contributed by atoms with Gasteiger partial charge in [-0.1, -0.05) is 91.3 Å². The van der Waals surface area contributed by atoms with Gasteiger partial charge in [0.05, 0.1) is 11.1 Å². The predicted octanol–water partition coefficient (Wildman–Crippen LogP) is 8.59. The number of esters is 1. The number of phenolic OH excluding ortho intramolecular Hbond substituents is 2. The van der Waals surface area contributed by atoms with E-state index < -0.39 is 17.5 Å². The topological polar surface area (TPSA) is 104 Å². The summed E-state index contributed by atoms with van der Waals surface area (Å²) in [6, 6.07) is 8.08. The number of fused-ring (bicyclic) bond motifs is 1. The molecule has 3 aromatic rings. The zero-order valence-electron chi connectivity index (χ0n) is 23.9. The van der Waals surface area contributed by atoms with E-state index in [9.17, 15) is 24.9 Å². The van der Waals surface area contributed by atoms with Crippen molar-refractivity contribution in [2.75, 3.05) is 0 Å². The van der Waals surface area contributed by atoms with Gasteiger partial charge in [0.25, 0.3) is 0 Å². The Morgan fingerprint density at radius 2 is 1.24 bits per heavy atom. The molecule has 1 aliphatic heterocycles. The van der Waals surface area contributed by atoms with Crippen LogP contribution in [0.25, 0.3) is 0 Å². The molecule has 218 valence electrons. The highest BCUT2D eigenvalue weighted by Crippen LogP contribution is 2.57. The molecule has 1 heterocycles. The summed E-state index contributed by atoms with van der Waals surface area (Å²) in [5.41, 5.74) is 2.27. The van der Waals surface area contributed by atoms with Crippen LogP contribution in [0.1, 0.15) is 113 Å². The SMILES string of the molecule is CCCc1cc(O)c(CCC)c(C2(c3c(Br)c(CCC)cc(O)c3CCC)OC(=O)c3cccc(C(=O)O)c32)c1Br. The lowest BCUT2D eigenvalue weighted by atomic mass is 9.72. The fourth-order valence-electron chi connectivity index (χ4n) is 6.12. The number of hydrogen-bond donors (Lipinski definition) is 3. The molecule has 0 amide bonds. The van der Waals surface area contributed by atoms with Gasteiger partial charge >= 0.3 is 11.9 Å². The first kappa shape index (κ1) is 31.1. The Morgan fingerprint density at radius 1 is 0.780 bits per heavy atom. The van der Waals surface area contributed by atoms with Crippen LogP contribution in [0, 0.1) is 0 Å². The number of carbonyl (C=O) groups excluding carboxylic acids is 1. The average molecular weight is 688 g/mol. The molecule has 0 atom stereocenters. The summed E-state index contributed by atoms with van der Waals surface area (Å²) in [5.74, 6) is -1.74. The Balaban J connectivity index is 2.37. The van der Waals surface area contributed by atoms with E-state index in [0.717, 1.165) is 24.0 Å². The number of aryl methyl sites for hydroxylation is 2. The lowest BCUT2D eigenvalue weighted by Crippen LogP contribution is -2.35. The number of hydrogen-bond acceptors (Lipinski definition) is 5. The molecule has 0 fully saturated rings. The molecule has 41 heavy (non-hydrogen) atoms. The number of halogens is 2. The molecule has 0 unspecified atom stereocenters. The van der Waals surface area contributed by atoms with E-state index in [2.05, 4.69) is 31.9 Å². The zero-order valence-corrected chi connectivity index (χ0v) is 27.0. The number of aromatic carboxylic acids is 1. The number of phenols is 2. The summed E-state index contributed by atoms with van der Waals surface area (Å²) in [6.45, 7) is 8.06. The molecule has 0 aromatic heterocycles. The van der Waals surface area contributed by atoms with Gasteiger partial charge in [-0.05, 0) is 61.1 Å². The number of carboxylic acid groups (broad SMARTS) is 1. The van der Waals surface area contributed by atoms with Crippen LogP contribution in [-0.2, 0) is 36.0 Å². The first-order chi connectivity index (χ1) is 19.6. The first-order valence-electron chi connectivity index (χ1n) is 14.3. The van der Waals surface area contributed by atoms with E-state index in [1.165, 1.54) is 6.07 Å². The van der Waals surface area contributed by atoms with E-state index in [1.807, 2.05) is 27.7 Å². The normalized spacial score (nSPS) is 13.8. The summed E-state index contributed by atoms with van der Waals surface area (Å²) in [6.07, 6.45) is 5.14. The Labute approximate surface area is 258 Å². The fourth-order valence-corrected chi connectivity index (χ4v) is 7.78. The molecule has 0 bridgehead atoms. The molecule has 3 N–H and O–H groups in total. The number of rotatable bonds is 11. The van der Waals surface area contributed by atoms with Crippen molar-refractivity contribution in [3.8, 4) is 11.5 Å². The van der Waals surface area contributed by atoms with Crippen molar-refractivity contribution in [2.24, 2.45) is 0 Å². The summed E-state index contributed by atoms with van der Waals surface area (Å²) < 4.78 is 7.81. The molecule has 0 saturated heterocycles. The van der Waals surface area contributed by atoms with Gasteiger partial charge in [0.2, 0.25) is 0 Å². The van der Waals surface area contributed by atoms with Crippen LogP contribution < -0.4 is 0 Å². The Morgan fingerprint density at radius 3 is 1.66 bits per heavy atom. The average Bonchev–Trinajstić information content (AvgIpc) is 3.23. The van der Waals surface area contributed by atoms with Crippen molar-refractivity contribution in [3.05, 3.63) is 89.3 Å². The smallest absolute Gasteiger partial charge is 0.340 e. The molecule has 6 nitrogen and oxygen atoms in total. The zero-order chi connectivity index (χ0) is 30.1. The van der Waals surface area contributed by atoms with Gasteiger partial charge in [-0.25, -0.2) is 9.59 Å². The van der Waals surface area contributed by atoms with E-state index in [-0.39, 0.29) is 28.2 Å². The third-order valence-electron chi connectivity index (χ3n) is 7.70. The highest BCUT2D eigenvalue weighted by molar-refractivity contribution is 9.11. The molecule has 0 spiro atoms. The van der Waals surface area contributed by atoms with Crippen molar-refractivity contribution in [2.45, 2.75) is 84.7 Å². The van der Waals surface area contributed by atoms with Crippen molar-refractivity contribution in [1.82, 2.24) is 0 Å². The fraction of sp³-hybridized carbons (Fsp3) is 0.394. The number of carbonyl (C=O) groups is 2. The van der Waals surface area contributed by atoms with Crippen LogP contribution in [0.2, 0.25) is 0 Å². The standard InChI is InChI=1S/C33H36Br2O6/c1-5-10-18-16-24(36)20(12-7-3)27(29(18)34)33(26-22(31(38)39)14-9-15-23(26)32(40)41-33)28-21(13-8-4)25(37)17-19(11-6-2)30(28)35/h9,14-17,36-37H,5-8,10-13H2,1-4H3,(H,38,39). The van der Waals surface area contributed by atoms with Crippen LogP contribution in [0.15, 0.2) is 39.3 Å². The summed E-state index contributed by atoms with van der Waals surface area (Å²) in [4.78, 5) is 26.6. The maximum Gasteiger partial charge on any atom is 0.340 e. The van der Waals surface area contributed by atoms with Crippen molar-refractivity contribution < 1.29 is 29.6 Å². The molecule has 1 aliphatic rings. The maximum absolute atomic E-state index is 13.8. The molecule has 0 aliphatic carbocycles. The monoisotopic (exact) mass is 686 g/mol. The molecule has 4 rings (SSSR count). The van der Waals surface area contributed by atoms with Crippen molar-refractivity contribution in [1.29, 1.82) is 0 Å². The Kier molecular flexibility index (Phi) is 9.54. The molecular formula is C33H36Br2O6. The number of cyclic esters (lactones) is 1. The lowest BCUT2D eigenvalue weighted by Gasteiger charge is -2.37. The minimum Gasteiger partial charge on any atom is -0.508 e. The van der Waals surface area contributed by atoms with Gasteiger partial charge in [-0.15, -0.1) is 0 Å². The first-order valence-corrected chi connectivity index (χ1v) is 15.8. The van der Waals surface area contributed by atoms with Crippen LogP contribution >= 0.6 is 31.9 Å². The quantitative estimate of drug-likeness (QED) is 0.175. The summed E-state index contributed by atoms with van der Waals surface area (Å²) in [7, 11) is 0. The molecule has 0 radical (unpaired) electrons. The van der Waals surface area contributed by atoms with Crippen molar-refractivity contribution >= 4 is 43.8 Å². The second-order valence-electron chi connectivity index (χ2n) is 10.5. The number of aromatic hydroxyl groups is 2. The van der Waals surface area contributed by atoms with Gasteiger partial charge in [0, 0.05) is 36.8 Å². The largest absolute Gasteiger partial charge is 0.508 e. The molecule has 0 saturated carbocycles. The predicted molar refractivity (Wildman–Crippen MR) is 166 cm³/mol. The molecular weight excluding hydrogens is 652 g/mol. The Bertz CT molecular complexity index is 1440. The van der Waals surface area contributed by atoms with Crippen LogP contribution in [-0.4, -0.2) is 27.3 Å². The third kappa shape index (κ3) is 5.18. The van der Waals surface area contributed by atoms with Gasteiger partial charge in [-0.2, -0.15) is 0 Å². The summed E-state index contributed by atoms with van der Waals surface area (Å²) in [5, 5.41) is 33.4. The molecule has 3 aromatic carbocycles. The van der Waals surface area contributed by atoms with Gasteiger partial charge in [-0.3, -0.25) is 0 Å². The number of carboxylic acids is 1. The Hall–Kier alpha value is -2.84. The highest BCUT2D eigenvalue weighted by Gasteiger charge is 2.55. The second kappa shape index (κ2) is 12.6. The van der Waals surface area contributed by atoms with E-state index in [4.69, 9.17) is 4.74 Å². The maximum atomic E-state index is 13.8. The van der Waals surface area contributed by atoms with E-state index in [1.54, 1.807) is 24.3 Å². The van der Waals surface area contributed by atoms with E-state index >= 15 is 0 Å². The van der Waals surface area contributed by atoms with Gasteiger partial charge in [0.15, 0.2) is 5.60 Å². The molecule has 8 heteroatoms. The minimum atomic E-state index is -1.77. The van der Waals surface area contributed by atoms with Crippen LogP contribution in [0.5, 0.6) is 11.5 Å². The van der Waals surface area contributed by atoms with Crippen molar-refractivity contribution in [3.63, 3.8) is 0 Å².